The zero-order valence-corrected chi connectivity index (χ0v) is 11.7. The fourth-order valence-electron chi connectivity index (χ4n) is 1.17. The first-order chi connectivity index (χ1) is 8.36. The van der Waals surface area contributed by atoms with Crippen molar-refractivity contribution in [1.82, 2.24) is 0 Å². The van der Waals surface area contributed by atoms with Crippen LogP contribution in [0.15, 0.2) is 16.6 Å². The van der Waals surface area contributed by atoms with E-state index in [2.05, 4.69) is 15.9 Å². The molecule has 1 aromatic carbocycles. The van der Waals surface area contributed by atoms with Crippen LogP contribution < -0.4 is 0 Å². The van der Waals surface area contributed by atoms with Crippen molar-refractivity contribution in [2.75, 3.05) is 6.61 Å². The van der Waals surface area contributed by atoms with Crippen molar-refractivity contribution in [2.45, 2.75) is 20.3 Å². The highest BCUT2D eigenvalue weighted by Gasteiger charge is 2.17. The van der Waals surface area contributed by atoms with Crippen molar-refractivity contribution in [3.63, 3.8) is 0 Å². The summed E-state index contributed by atoms with van der Waals surface area (Å²) in [4.78, 5) is 21.5. The van der Waals surface area contributed by atoms with E-state index in [1.165, 1.54) is 19.1 Å². The molecule has 0 amide bonds. The maximum atomic E-state index is 10.8. The van der Waals surface area contributed by atoms with E-state index >= 15 is 0 Å². The van der Waals surface area contributed by atoms with Gasteiger partial charge in [-0.3, -0.25) is 0 Å². The molecule has 0 saturated carbocycles. The molecule has 0 spiro atoms. The molecule has 18 heavy (non-hydrogen) atoms. The van der Waals surface area contributed by atoms with Crippen LogP contribution in [0.2, 0.25) is 0 Å². The van der Waals surface area contributed by atoms with Gasteiger partial charge in [0.2, 0.25) is 0 Å². The highest BCUT2D eigenvalue weighted by atomic mass is 79.9. The van der Waals surface area contributed by atoms with Crippen LogP contribution in [0.1, 0.15) is 39.6 Å². The lowest BCUT2D eigenvalue weighted by Gasteiger charge is -2.06. The van der Waals surface area contributed by atoms with Crippen LogP contribution in [0.25, 0.3) is 0 Å². The Morgan fingerprint density at radius 2 is 1.72 bits per heavy atom. The van der Waals surface area contributed by atoms with Crippen LogP contribution in [-0.4, -0.2) is 33.9 Å². The molecular weight excluding hydrogens is 304 g/mol. The minimum atomic E-state index is -1.14. The molecule has 0 unspecified atom stereocenters. The summed E-state index contributed by atoms with van der Waals surface area (Å²) in [5.74, 6) is -2.27. The van der Waals surface area contributed by atoms with E-state index in [1.54, 1.807) is 0 Å². The molecule has 0 saturated heterocycles. The van der Waals surface area contributed by atoms with Gasteiger partial charge in [-0.2, -0.15) is 0 Å². The average Bonchev–Trinajstić information content (AvgIpc) is 2.28. The molecule has 5 nitrogen and oxygen atoms in total. The van der Waals surface area contributed by atoms with Gasteiger partial charge < -0.3 is 15.3 Å². The SMILES string of the molecule is CCCO.Cc1c(C(=O)O)ccc(Br)c1C(=O)O. The second-order valence-corrected chi connectivity index (χ2v) is 4.28. The van der Waals surface area contributed by atoms with Gasteiger partial charge in [0.1, 0.15) is 0 Å². The monoisotopic (exact) mass is 318 g/mol. The zero-order chi connectivity index (χ0) is 14.3. The van der Waals surface area contributed by atoms with Gasteiger partial charge in [0.25, 0.3) is 0 Å². The average molecular weight is 319 g/mol. The van der Waals surface area contributed by atoms with Gasteiger partial charge in [0.15, 0.2) is 0 Å². The van der Waals surface area contributed by atoms with E-state index in [-0.39, 0.29) is 16.7 Å². The highest BCUT2D eigenvalue weighted by molar-refractivity contribution is 9.10. The standard InChI is InChI=1S/C9H7BrO4.C3H8O/c1-4-5(8(11)12)2-3-6(10)7(4)9(13)14;1-2-3-4/h2-3H,1H3,(H,11,12)(H,13,14);4H,2-3H2,1H3. The maximum Gasteiger partial charge on any atom is 0.337 e. The minimum absolute atomic E-state index is 0.00519. The molecule has 1 rings (SSSR count). The molecule has 0 aliphatic heterocycles. The van der Waals surface area contributed by atoms with E-state index in [4.69, 9.17) is 15.3 Å². The third kappa shape index (κ3) is 4.46. The number of carbonyl (C=O) groups is 2. The smallest absolute Gasteiger partial charge is 0.337 e. The van der Waals surface area contributed by atoms with Crippen molar-refractivity contribution in [2.24, 2.45) is 0 Å². The first kappa shape index (κ1) is 16.6. The van der Waals surface area contributed by atoms with Gasteiger partial charge in [-0.15, -0.1) is 0 Å². The van der Waals surface area contributed by atoms with Crippen LogP contribution in [0.4, 0.5) is 0 Å². The van der Waals surface area contributed by atoms with Crippen molar-refractivity contribution in [1.29, 1.82) is 0 Å². The third-order valence-electron chi connectivity index (χ3n) is 2.08. The van der Waals surface area contributed by atoms with Crippen LogP contribution in [0.5, 0.6) is 0 Å². The molecular formula is C12H15BrO5. The van der Waals surface area contributed by atoms with Gasteiger partial charge in [-0.1, -0.05) is 6.92 Å². The summed E-state index contributed by atoms with van der Waals surface area (Å²) < 4.78 is 0.382. The van der Waals surface area contributed by atoms with Gasteiger partial charge >= 0.3 is 11.9 Å². The Morgan fingerprint density at radius 3 is 2.06 bits per heavy atom. The molecule has 0 aliphatic carbocycles. The highest BCUT2D eigenvalue weighted by Crippen LogP contribution is 2.23. The Hall–Kier alpha value is -1.40. The topological polar surface area (TPSA) is 94.8 Å². The normalized spacial score (nSPS) is 9.33. The maximum absolute atomic E-state index is 10.8. The summed E-state index contributed by atoms with van der Waals surface area (Å²) in [5, 5.41) is 25.5. The Bertz CT molecular complexity index is 440. The summed E-state index contributed by atoms with van der Waals surface area (Å²) in [5.41, 5.74) is 0.245. The van der Waals surface area contributed by atoms with Crippen LogP contribution in [-0.2, 0) is 0 Å². The predicted molar refractivity (Wildman–Crippen MR) is 70.2 cm³/mol. The van der Waals surface area contributed by atoms with E-state index in [0.29, 0.717) is 11.1 Å². The summed E-state index contributed by atoms with van der Waals surface area (Å²) in [6.45, 7) is 3.72. The number of benzene rings is 1. The van der Waals surface area contributed by atoms with Gasteiger partial charge in [0, 0.05) is 11.1 Å². The number of hydrogen-bond donors (Lipinski definition) is 3. The van der Waals surface area contributed by atoms with Crippen LogP contribution in [0, 0.1) is 6.92 Å². The molecule has 0 fully saturated rings. The number of rotatable bonds is 3. The molecule has 3 N–H and O–H groups in total. The molecule has 0 radical (unpaired) electrons. The fraction of sp³-hybridized carbons (Fsp3) is 0.333. The molecule has 1 aromatic rings. The molecule has 0 heterocycles. The second-order valence-electron chi connectivity index (χ2n) is 3.43. The number of aliphatic hydroxyl groups excluding tert-OH is 1. The predicted octanol–water partition coefficient (Wildman–Crippen LogP) is 2.54. The largest absolute Gasteiger partial charge is 0.478 e. The first-order valence-corrected chi connectivity index (χ1v) is 6.02. The second kappa shape index (κ2) is 7.84. The Morgan fingerprint density at radius 1 is 1.22 bits per heavy atom. The van der Waals surface area contributed by atoms with Crippen LogP contribution >= 0.6 is 15.9 Å². The lowest BCUT2D eigenvalue weighted by atomic mass is 10.0. The Balaban J connectivity index is 0.000000631. The van der Waals surface area contributed by atoms with Crippen molar-refractivity contribution in [3.8, 4) is 0 Å². The summed E-state index contributed by atoms with van der Waals surface area (Å²) in [7, 11) is 0. The van der Waals surface area contributed by atoms with Crippen molar-refractivity contribution < 1.29 is 24.9 Å². The number of halogens is 1. The Labute approximate surface area is 113 Å². The molecule has 100 valence electrons. The van der Waals surface area contributed by atoms with Gasteiger partial charge in [0.05, 0.1) is 11.1 Å². The number of aromatic carboxylic acids is 2. The van der Waals surface area contributed by atoms with E-state index < -0.39 is 11.9 Å². The minimum Gasteiger partial charge on any atom is -0.478 e. The first-order valence-electron chi connectivity index (χ1n) is 5.23. The molecule has 0 atom stereocenters. The number of carboxylic acids is 2. The lowest BCUT2D eigenvalue weighted by molar-refractivity contribution is 0.0695. The van der Waals surface area contributed by atoms with Crippen molar-refractivity contribution in [3.05, 3.63) is 33.3 Å². The summed E-state index contributed by atoms with van der Waals surface area (Å²) in [6.07, 6.45) is 0.875. The summed E-state index contributed by atoms with van der Waals surface area (Å²) in [6, 6.07) is 2.79. The number of carboxylic acid groups (broad SMARTS) is 2. The summed E-state index contributed by atoms with van der Waals surface area (Å²) >= 11 is 3.06. The number of hydrogen-bond acceptors (Lipinski definition) is 3. The third-order valence-corrected chi connectivity index (χ3v) is 2.74. The Kier molecular flexibility index (Phi) is 7.23. The quantitative estimate of drug-likeness (QED) is 0.796. The van der Waals surface area contributed by atoms with Crippen LogP contribution in [0.3, 0.4) is 0 Å². The van der Waals surface area contributed by atoms with Crippen molar-refractivity contribution >= 4 is 27.9 Å². The molecule has 0 aromatic heterocycles. The zero-order valence-electron chi connectivity index (χ0n) is 10.1. The molecule has 0 bridgehead atoms. The van der Waals surface area contributed by atoms with Gasteiger partial charge in [-0.05, 0) is 47.0 Å². The lowest BCUT2D eigenvalue weighted by Crippen LogP contribution is -2.07. The van der Waals surface area contributed by atoms with E-state index in [1.807, 2.05) is 6.92 Å². The van der Waals surface area contributed by atoms with E-state index in [0.717, 1.165) is 6.42 Å². The fourth-order valence-corrected chi connectivity index (χ4v) is 1.77. The van der Waals surface area contributed by atoms with Gasteiger partial charge in [-0.25, -0.2) is 9.59 Å². The number of aliphatic hydroxyl groups is 1. The molecule has 6 heteroatoms. The molecule has 0 aliphatic rings. The van der Waals surface area contributed by atoms with E-state index in [9.17, 15) is 9.59 Å².